The second-order valence-corrected chi connectivity index (χ2v) is 5.86. The molecule has 2 rings (SSSR count). The van der Waals surface area contributed by atoms with Gasteiger partial charge in [-0.3, -0.25) is 4.79 Å². The van der Waals surface area contributed by atoms with Crippen LogP contribution in [0.5, 0.6) is 0 Å². The predicted octanol–water partition coefficient (Wildman–Crippen LogP) is 3.85. The van der Waals surface area contributed by atoms with Gasteiger partial charge in [-0.2, -0.15) is 0 Å². The van der Waals surface area contributed by atoms with Crippen molar-refractivity contribution >= 4 is 11.6 Å². The summed E-state index contributed by atoms with van der Waals surface area (Å²) in [7, 11) is 0. The van der Waals surface area contributed by atoms with Crippen LogP contribution in [0.3, 0.4) is 0 Å². The van der Waals surface area contributed by atoms with Crippen LogP contribution >= 0.6 is 0 Å². The van der Waals surface area contributed by atoms with E-state index in [4.69, 9.17) is 0 Å². The third-order valence-electron chi connectivity index (χ3n) is 3.63. The van der Waals surface area contributed by atoms with E-state index >= 15 is 0 Å². The lowest BCUT2D eigenvalue weighted by atomic mass is 10.0. The molecule has 0 aliphatic rings. The molecule has 0 aromatic heterocycles. The van der Waals surface area contributed by atoms with Crippen molar-refractivity contribution in [3.05, 3.63) is 65.2 Å². The number of nitrogens with one attached hydrogen (secondary N) is 2. The van der Waals surface area contributed by atoms with Gasteiger partial charge in [-0.15, -0.1) is 0 Å². The summed E-state index contributed by atoms with van der Waals surface area (Å²) in [4.78, 5) is 12.0. The van der Waals surface area contributed by atoms with Gasteiger partial charge in [0, 0.05) is 12.2 Å². The molecule has 0 aliphatic carbocycles. The molecule has 0 unspecified atom stereocenters. The van der Waals surface area contributed by atoms with Crippen molar-refractivity contribution in [1.29, 1.82) is 0 Å². The molecule has 0 fully saturated rings. The minimum absolute atomic E-state index is 0.000802. The van der Waals surface area contributed by atoms with Gasteiger partial charge in [0.15, 0.2) is 0 Å². The summed E-state index contributed by atoms with van der Waals surface area (Å²) in [5, 5.41) is 6.16. The Hall–Kier alpha value is -2.29. The Kier molecular flexibility index (Phi) is 5.59. The summed E-state index contributed by atoms with van der Waals surface area (Å²) >= 11 is 0. The number of hydrogen-bond acceptors (Lipinski definition) is 2. The number of benzene rings is 2. The minimum Gasteiger partial charge on any atom is -0.376 e. The Labute approximate surface area is 132 Å². The maximum atomic E-state index is 12.0. The lowest BCUT2D eigenvalue weighted by molar-refractivity contribution is -0.119. The number of aryl methyl sites for hydroxylation is 1. The maximum absolute atomic E-state index is 12.0. The molecule has 0 radical (unpaired) electrons. The van der Waals surface area contributed by atoms with E-state index in [0.717, 1.165) is 11.3 Å². The molecule has 2 N–H and O–H groups in total. The molecule has 0 atom stereocenters. The Morgan fingerprint density at radius 3 is 2.41 bits per heavy atom. The van der Waals surface area contributed by atoms with Crippen molar-refractivity contribution in [1.82, 2.24) is 5.32 Å². The third kappa shape index (κ3) is 4.62. The molecule has 0 heterocycles. The summed E-state index contributed by atoms with van der Waals surface area (Å²) in [6.07, 6.45) is 0. The lowest BCUT2D eigenvalue weighted by Crippen LogP contribution is -2.29. The monoisotopic (exact) mass is 296 g/mol. The summed E-state index contributed by atoms with van der Waals surface area (Å²) in [6, 6.07) is 16.3. The molecular weight excluding hydrogens is 272 g/mol. The van der Waals surface area contributed by atoms with Gasteiger partial charge >= 0.3 is 0 Å². The van der Waals surface area contributed by atoms with E-state index in [9.17, 15) is 4.79 Å². The number of anilines is 1. The number of carbonyl (C=O) groups excluding carboxylic acids is 1. The highest BCUT2D eigenvalue weighted by molar-refractivity contribution is 5.81. The average molecular weight is 296 g/mol. The Morgan fingerprint density at radius 1 is 1.05 bits per heavy atom. The predicted molar refractivity (Wildman–Crippen MR) is 92.0 cm³/mol. The third-order valence-corrected chi connectivity index (χ3v) is 3.63. The minimum atomic E-state index is -0.000802. The van der Waals surface area contributed by atoms with E-state index in [1.807, 2.05) is 30.3 Å². The highest BCUT2D eigenvalue weighted by atomic mass is 16.1. The number of para-hydroxylation sites is 1. The number of carbonyl (C=O) groups is 1. The Balaban J connectivity index is 1.84. The average Bonchev–Trinajstić information content (AvgIpc) is 2.52. The molecule has 3 nitrogen and oxygen atoms in total. The fourth-order valence-corrected chi connectivity index (χ4v) is 2.31. The van der Waals surface area contributed by atoms with Gasteiger partial charge in [0.2, 0.25) is 5.91 Å². The van der Waals surface area contributed by atoms with Crippen LogP contribution in [0.15, 0.2) is 48.5 Å². The first-order chi connectivity index (χ1) is 10.6. The van der Waals surface area contributed by atoms with Crippen molar-refractivity contribution in [2.45, 2.75) is 33.2 Å². The molecule has 2 aromatic rings. The molecular formula is C19H24N2O. The van der Waals surface area contributed by atoms with E-state index in [-0.39, 0.29) is 12.5 Å². The SMILES string of the molecule is Cc1ccc(CNC(=O)CNc2ccccc2C(C)C)cc1. The van der Waals surface area contributed by atoms with Crippen molar-refractivity contribution in [3.63, 3.8) is 0 Å². The van der Waals surface area contributed by atoms with Crippen LogP contribution in [0.1, 0.15) is 36.5 Å². The van der Waals surface area contributed by atoms with Crippen LogP contribution < -0.4 is 10.6 Å². The van der Waals surface area contributed by atoms with Crippen molar-refractivity contribution in [2.24, 2.45) is 0 Å². The fourth-order valence-electron chi connectivity index (χ4n) is 2.31. The first-order valence-electron chi connectivity index (χ1n) is 7.71. The molecule has 22 heavy (non-hydrogen) atoms. The standard InChI is InChI=1S/C19H24N2O/c1-14(2)17-6-4-5-7-18(17)20-13-19(22)21-12-16-10-8-15(3)9-11-16/h4-11,14,20H,12-13H2,1-3H3,(H,21,22). The topological polar surface area (TPSA) is 41.1 Å². The Morgan fingerprint density at radius 2 is 1.73 bits per heavy atom. The van der Waals surface area contributed by atoms with Gasteiger partial charge in [0.1, 0.15) is 0 Å². The highest BCUT2D eigenvalue weighted by Crippen LogP contribution is 2.23. The quantitative estimate of drug-likeness (QED) is 0.850. The maximum Gasteiger partial charge on any atom is 0.239 e. The zero-order valence-electron chi connectivity index (χ0n) is 13.5. The molecule has 0 saturated carbocycles. The summed E-state index contributed by atoms with van der Waals surface area (Å²) < 4.78 is 0. The van der Waals surface area contributed by atoms with Crippen LogP contribution in [0, 0.1) is 6.92 Å². The first kappa shape index (κ1) is 16.1. The summed E-state index contributed by atoms with van der Waals surface area (Å²) in [5.41, 5.74) is 4.60. The van der Waals surface area contributed by atoms with Crippen LogP contribution in [-0.4, -0.2) is 12.5 Å². The second kappa shape index (κ2) is 7.64. The molecule has 0 aliphatic heterocycles. The second-order valence-electron chi connectivity index (χ2n) is 5.86. The number of rotatable bonds is 6. The molecule has 1 amide bonds. The van der Waals surface area contributed by atoms with Gasteiger partial charge in [0.25, 0.3) is 0 Å². The van der Waals surface area contributed by atoms with Crippen molar-refractivity contribution in [3.8, 4) is 0 Å². The van der Waals surface area contributed by atoms with Gasteiger partial charge < -0.3 is 10.6 Å². The molecule has 0 spiro atoms. The smallest absolute Gasteiger partial charge is 0.239 e. The summed E-state index contributed by atoms with van der Waals surface area (Å²) in [6.45, 7) is 7.20. The summed E-state index contributed by atoms with van der Waals surface area (Å²) in [5.74, 6) is 0.429. The normalized spacial score (nSPS) is 10.5. The zero-order chi connectivity index (χ0) is 15.9. The fraction of sp³-hybridized carbons (Fsp3) is 0.316. The highest BCUT2D eigenvalue weighted by Gasteiger charge is 2.07. The van der Waals surface area contributed by atoms with Gasteiger partial charge in [-0.25, -0.2) is 0 Å². The van der Waals surface area contributed by atoms with E-state index in [0.29, 0.717) is 12.5 Å². The van der Waals surface area contributed by atoms with Crippen molar-refractivity contribution in [2.75, 3.05) is 11.9 Å². The molecule has 116 valence electrons. The van der Waals surface area contributed by atoms with E-state index in [1.165, 1.54) is 11.1 Å². The molecule has 0 bridgehead atoms. The number of hydrogen-bond donors (Lipinski definition) is 2. The molecule has 0 saturated heterocycles. The van der Waals surface area contributed by atoms with Gasteiger partial charge in [-0.05, 0) is 30.0 Å². The Bertz CT molecular complexity index is 618. The van der Waals surface area contributed by atoms with E-state index in [2.05, 4.69) is 49.6 Å². The van der Waals surface area contributed by atoms with Gasteiger partial charge in [-0.1, -0.05) is 61.9 Å². The van der Waals surface area contributed by atoms with Crippen LogP contribution in [0.4, 0.5) is 5.69 Å². The first-order valence-corrected chi connectivity index (χ1v) is 7.71. The largest absolute Gasteiger partial charge is 0.376 e. The lowest BCUT2D eigenvalue weighted by Gasteiger charge is -2.14. The van der Waals surface area contributed by atoms with E-state index < -0.39 is 0 Å². The molecule has 2 aromatic carbocycles. The zero-order valence-corrected chi connectivity index (χ0v) is 13.5. The molecule has 3 heteroatoms. The van der Waals surface area contributed by atoms with E-state index in [1.54, 1.807) is 0 Å². The van der Waals surface area contributed by atoms with Crippen LogP contribution in [-0.2, 0) is 11.3 Å². The number of amides is 1. The van der Waals surface area contributed by atoms with Crippen LogP contribution in [0.25, 0.3) is 0 Å². The van der Waals surface area contributed by atoms with Crippen LogP contribution in [0.2, 0.25) is 0 Å². The van der Waals surface area contributed by atoms with Crippen molar-refractivity contribution < 1.29 is 4.79 Å². The van der Waals surface area contributed by atoms with Gasteiger partial charge in [0.05, 0.1) is 6.54 Å².